The Kier molecular flexibility index (Phi) is 11.8. The first-order valence-electron chi connectivity index (χ1n) is 15.3. The third kappa shape index (κ3) is 9.55. The van der Waals surface area contributed by atoms with Gasteiger partial charge in [-0.3, -0.25) is 14.6 Å². The lowest BCUT2D eigenvalue weighted by Gasteiger charge is -2.42. The summed E-state index contributed by atoms with van der Waals surface area (Å²) in [5, 5.41) is 18.4. The molecule has 1 aromatic heterocycles. The average Bonchev–Trinajstić information content (AvgIpc) is 2.99. The third-order valence-electron chi connectivity index (χ3n) is 7.92. The number of rotatable bonds is 12. The number of aliphatic hydroxyl groups excluding tert-OH is 1. The molecule has 2 amide bonds. The van der Waals surface area contributed by atoms with Crippen LogP contribution in [0, 0.1) is 13.8 Å². The van der Waals surface area contributed by atoms with Gasteiger partial charge in [0.1, 0.15) is 5.75 Å². The highest BCUT2D eigenvalue weighted by atomic mass is 32.2. The number of carbonyl (C=O) groups is 2. The van der Waals surface area contributed by atoms with Crippen LogP contribution in [-0.4, -0.2) is 75.5 Å². The number of amides is 2. The van der Waals surface area contributed by atoms with Gasteiger partial charge in [0.25, 0.3) is 5.91 Å². The van der Waals surface area contributed by atoms with Crippen LogP contribution in [0.4, 0.5) is 0 Å². The molecule has 8 nitrogen and oxygen atoms in total. The normalized spacial score (nSPS) is 18.2. The van der Waals surface area contributed by atoms with Crippen molar-refractivity contribution >= 4 is 23.6 Å². The van der Waals surface area contributed by atoms with E-state index < -0.39 is 17.7 Å². The summed E-state index contributed by atoms with van der Waals surface area (Å²) in [4.78, 5) is 34.2. The Morgan fingerprint density at radius 1 is 1.07 bits per heavy atom. The predicted molar refractivity (Wildman–Crippen MR) is 176 cm³/mol. The number of hydrogen-bond donors (Lipinski definition) is 3. The van der Waals surface area contributed by atoms with Crippen LogP contribution < -0.4 is 15.4 Å². The lowest BCUT2D eigenvalue weighted by Crippen LogP contribution is -2.60. The monoisotopic (exact) mass is 618 g/mol. The maximum atomic E-state index is 14.0. The molecule has 0 spiro atoms. The van der Waals surface area contributed by atoms with E-state index in [1.807, 2.05) is 95.3 Å². The molecule has 1 saturated heterocycles. The third-order valence-corrected chi connectivity index (χ3v) is 9.22. The Hall–Kier alpha value is -3.40. The quantitative estimate of drug-likeness (QED) is 0.270. The molecule has 1 aliphatic heterocycles. The molecule has 2 heterocycles. The first-order chi connectivity index (χ1) is 21.0. The van der Waals surface area contributed by atoms with E-state index >= 15 is 0 Å². The van der Waals surface area contributed by atoms with E-state index in [1.165, 1.54) is 0 Å². The standard InChI is InChI=1S/C35H46N4O4S/c1-24-10-9-11-25(2)33(24)43-23-32(41)38-29(20-26-12-7-6-8-13-26)31(40)22-39(35(3,4)5)34(42)30-21-28(16-19-37-30)44-27-14-17-36-18-15-27/h6-15,17-18,28-31,37,40H,16,19-23H2,1-5H3,(H,38,41)/t28-,29+,30+,31-/m1/s1. The number of hydrogen-bond acceptors (Lipinski definition) is 7. The number of nitrogens with one attached hydrogen (secondary N) is 2. The van der Waals surface area contributed by atoms with Gasteiger partial charge in [0.15, 0.2) is 6.61 Å². The second kappa shape index (κ2) is 15.5. The molecule has 1 fully saturated rings. The number of pyridine rings is 1. The zero-order valence-electron chi connectivity index (χ0n) is 26.5. The Balaban J connectivity index is 1.46. The Morgan fingerprint density at radius 2 is 1.75 bits per heavy atom. The number of aliphatic hydroxyl groups is 1. The van der Waals surface area contributed by atoms with Gasteiger partial charge in [-0.2, -0.15) is 0 Å². The van der Waals surface area contributed by atoms with E-state index in [-0.39, 0.29) is 31.0 Å². The SMILES string of the molecule is Cc1cccc(C)c1OCC(=O)N[C@@H](Cc1ccccc1)[C@H](O)CN(C(=O)[C@@H]1C[C@H](Sc2ccncc2)CCN1)C(C)(C)C. The van der Waals surface area contributed by atoms with Crippen LogP contribution in [0.3, 0.4) is 0 Å². The predicted octanol–water partition coefficient (Wildman–Crippen LogP) is 4.71. The largest absolute Gasteiger partial charge is 0.483 e. The van der Waals surface area contributed by atoms with Crippen molar-refractivity contribution in [3.63, 3.8) is 0 Å². The maximum absolute atomic E-state index is 14.0. The molecule has 44 heavy (non-hydrogen) atoms. The van der Waals surface area contributed by atoms with Gasteiger partial charge in [0, 0.05) is 34.6 Å². The van der Waals surface area contributed by atoms with Crippen molar-refractivity contribution in [2.24, 2.45) is 0 Å². The second-order valence-corrected chi connectivity index (χ2v) is 13.9. The molecule has 4 atom stereocenters. The van der Waals surface area contributed by atoms with Gasteiger partial charge in [-0.25, -0.2) is 0 Å². The smallest absolute Gasteiger partial charge is 0.258 e. The van der Waals surface area contributed by atoms with E-state index in [1.54, 1.807) is 29.1 Å². The van der Waals surface area contributed by atoms with Crippen LogP contribution in [0.15, 0.2) is 78.0 Å². The lowest BCUT2D eigenvalue weighted by molar-refractivity contribution is -0.141. The van der Waals surface area contributed by atoms with E-state index in [9.17, 15) is 14.7 Å². The van der Waals surface area contributed by atoms with E-state index in [2.05, 4.69) is 15.6 Å². The molecular formula is C35H46N4O4S. The van der Waals surface area contributed by atoms with Gasteiger partial charge >= 0.3 is 0 Å². The molecule has 0 radical (unpaired) electrons. The number of benzene rings is 2. The average molecular weight is 619 g/mol. The van der Waals surface area contributed by atoms with Crippen molar-refractivity contribution in [3.8, 4) is 5.75 Å². The highest BCUT2D eigenvalue weighted by molar-refractivity contribution is 8.00. The van der Waals surface area contributed by atoms with Crippen LogP contribution in [0.5, 0.6) is 5.75 Å². The minimum Gasteiger partial charge on any atom is -0.483 e. The Bertz CT molecular complexity index is 1350. The summed E-state index contributed by atoms with van der Waals surface area (Å²) in [7, 11) is 0. The molecule has 0 unspecified atom stereocenters. The molecule has 0 saturated carbocycles. The number of thioether (sulfide) groups is 1. The van der Waals surface area contributed by atoms with Crippen LogP contribution in [0.2, 0.25) is 0 Å². The fourth-order valence-electron chi connectivity index (χ4n) is 5.55. The van der Waals surface area contributed by atoms with E-state index in [0.717, 1.165) is 34.6 Å². The zero-order chi connectivity index (χ0) is 31.7. The maximum Gasteiger partial charge on any atom is 0.258 e. The number of ether oxygens (including phenoxy) is 1. The summed E-state index contributed by atoms with van der Waals surface area (Å²) < 4.78 is 5.89. The Labute approximate surface area is 266 Å². The number of para-hydroxylation sites is 1. The summed E-state index contributed by atoms with van der Waals surface area (Å²) in [6.45, 7) is 10.5. The molecule has 3 aromatic rings. The molecule has 0 bridgehead atoms. The molecule has 1 aliphatic rings. The summed E-state index contributed by atoms with van der Waals surface area (Å²) >= 11 is 1.78. The van der Waals surface area contributed by atoms with Crippen LogP contribution in [0.25, 0.3) is 0 Å². The number of nitrogens with zero attached hydrogens (tertiary/aromatic N) is 2. The first-order valence-corrected chi connectivity index (χ1v) is 16.2. The van der Waals surface area contributed by atoms with Gasteiger partial charge in [-0.1, -0.05) is 48.5 Å². The topological polar surface area (TPSA) is 104 Å². The van der Waals surface area contributed by atoms with Crippen molar-refractivity contribution in [3.05, 3.63) is 89.7 Å². The highest BCUT2D eigenvalue weighted by Crippen LogP contribution is 2.31. The van der Waals surface area contributed by atoms with Crippen LogP contribution in [-0.2, 0) is 16.0 Å². The number of β-amino-alcohol motifs (C(OH)–C–C–N with tert-alkyl or cyclic N) is 1. The number of piperidine rings is 1. The molecule has 236 valence electrons. The van der Waals surface area contributed by atoms with Crippen molar-refractivity contribution < 1.29 is 19.4 Å². The molecule has 4 rings (SSSR count). The lowest BCUT2D eigenvalue weighted by atomic mass is 9.96. The molecule has 9 heteroatoms. The Morgan fingerprint density at radius 3 is 2.41 bits per heavy atom. The van der Waals surface area contributed by atoms with Gasteiger partial charge < -0.3 is 25.4 Å². The minimum atomic E-state index is -1.01. The molecular weight excluding hydrogens is 572 g/mol. The van der Waals surface area contributed by atoms with Crippen molar-refractivity contribution in [2.45, 2.75) is 87.8 Å². The summed E-state index contributed by atoms with van der Waals surface area (Å²) in [5.74, 6) is 0.318. The minimum absolute atomic E-state index is 0.0419. The van der Waals surface area contributed by atoms with Crippen LogP contribution in [0.1, 0.15) is 50.3 Å². The number of aromatic nitrogens is 1. The van der Waals surface area contributed by atoms with Gasteiger partial charge in [-0.05, 0) is 89.2 Å². The first kappa shape index (κ1) is 33.5. The van der Waals surface area contributed by atoms with Crippen molar-refractivity contribution in [1.29, 1.82) is 0 Å². The molecule has 2 aromatic carbocycles. The zero-order valence-corrected chi connectivity index (χ0v) is 27.3. The van der Waals surface area contributed by atoms with Gasteiger partial charge in [-0.15, -0.1) is 11.8 Å². The summed E-state index contributed by atoms with van der Waals surface area (Å²) in [6.07, 6.45) is 4.63. The van der Waals surface area contributed by atoms with E-state index in [0.29, 0.717) is 23.8 Å². The van der Waals surface area contributed by atoms with Crippen molar-refractivity contribution in [1.82, 2.24) is 20.5 Å². The fraction of sp³-hybridized carbons (Fsp3) is 0.457. The second-order valence-electron chi connectivity index (χ2n) is 12.5. The highest BCUT2D eigenvalue weighted by Gasteiger charge is 2.37. The molecule has 0 aliphatic carbocycles. The summed E-state index contributed by atoms with van der Waals surface area (Å²) in [5.41, 5.74) is 2.34. The van der Waals surface area contributed by atoms with E-state index in [4.69, 9.17) is 4.74 Å². The van der Waals surface area contributed by atoms with Crippen molar-refractivity contribution in [2.75, 3.05) is 19.7 Å². The van der Waals surface area contributed by atoms with Gasteiger partial charge in [0.2, 0.25) is 5.91 Å². The number of aryl methyl sites for hydroxylation is 2. The fourth-order valence-corrected chi connectivity index (χ4v) is 6.74. The van der Waals surface area contributed by atoms with Gasteiger partial charge in [0.05, 0.1) is 18.2 Å². The van der Waals surface area contributed by atoms with Crippen LogP contribution >= 0.6 is 11.8 Å². The summed E-state index contributed by atoms with van der Waals surface area (Å²) in [6, 6.07) is 18.6. The molecule has 3 N–H and O–H groups in total. The number of carbonyl (C=O) groups excluding carboxylic acids is 2.